The Morgan fingerprint density at radius 1 is 0.967 bits per heavy atom. The summed E-state index contributed by atoms with van der Waals surface area (Å²) < 4.78 is 12.5. The number of aliphatic hydroxyl groups is 1. The molecule has 4 saturated carbocycles. The highest BCUT2D eigenvalue weighted by molar-refractivity contribution is 5.17. The summed E-state index contributed by atoms with van der Waals surface area (Å²) in [6.07, 6.45) is 15.8. The van der Waals surface area contributed by atoms with E-state index in [0.717, 1.165) is 51.7 Å². The molecule has 5 rings (SSSR count). The number of rotatable bonds is 3. The lowest BCUT2D eigenvalue weighted by Crippen LogP contribution is -2.63. The van der Waals surface area contributed by atoms with Crippen molar-refractivity contribution in [3.63, 3.8) is 0 Å². The van der Waals surface area contributed by atoms with E-state index in [9.17, 15) is 5.11 Å². The molecular formula is C26H39NO3. The van der Waals surface area contributed by atoms with Crippen LogP contribution in [0.5, 0.6) is 0 Å². The van der Waals surface area contributed by atoms with Gasteiger partial charge < -0.3 is 14.6 Å². The van der Waals surface area contributed by atoms with E-state index in [1.807, 2.05) is 0 Å². The Hall–Kier alpha value is -0.890. The normalized spacial score (nSPS) is 49.5. The van der Waals surface area contributed by atoms with Crippen LogP contribution in [0.2, 0.25) is 0 Å². The molecule has 1 heterocycles. The standard InChI is InChI=1S/C26H39NO3/c1-23-11-7-19(6-4-3-5-15-27)18-25(23,28)13-8-20-21(23)9-12-24(2)22(20)10-14-26(24)29-16-17-30-26/h4,6,19-22,28H,3,5,7-14,16-18H2,1-2H3/b6-4+/t19-,20-,21+,22+,23-,24+,25-/m1/s1. The van der Waals surface area contributed by atoms with Gasteiger partial charge in [-0.05, 0) is 86.9 Å². The minimum atomic E-state index is -0.541. The molecule has 1 aliphatic heterocycles. The van der Waals surface area contributed by atoms with Gasteiger partial charge in [0.25, 0.3) is 0 Å². The van der Waals surface area contributed by atoms with E-state index >= 15 is 0 Å². The predicted octanol–water partition coefficient (Wildman–Crippen LogP) is 5.36. The molecule has 0 aromatic carbocycles. The maximum absolute atomic E-state index is 11.9. The first-order valence-electron chi connectivity index (χ1n) is 12.4. The lowest BCUT2D eigenvalue weighted by atomic mass is 9.43. The Labute approximate surface area is 182 Å². The van der Waals surface area contributed by atoms with Gasteiger partial charge >= 0.3 is 0 Å². The maximum Gasteiger partial charge on any atom is 0.174 e. The van der Waals surface area contributed by atoms with E-state index < -0.39 is 5.60 Å². The van der Waals surface area contributed by atoms with E-state index in [4.69, 9.17) is 14.7 Å². The molecule has 0 amide bonds. The SMILES string of the molecule is C[C@]12CC[C@H]3[C@@H](CC[C@@]4(O)C[C@H](/C=C/CCC#N)CC[C@]34C)[C@@H]1CCC21OCCO1. The number of unbranched alkanes of at least 4 members (excludes halogenated alkanes) is 1. The van der Waals surface area contributed by atoms with E-state index in [2.05, 4.69) is 32.1 Å². The molecule has 5 aliphatic rings. The van der Waals surface area contributed by atoms with Crippen molar-refractivity contribution >= 4 is 0 Å². The predicted molar refractivity (Wildman–Crippen MR) is 115 cm³/mol. The minimum Gasteiger partial charge on any atom is -0.389 e. The highest BCUT2D eigenvalue weighted by Crippen LogP contribution is 2.70. The van der Waals surface area contributed by atoms with Gasteiger partial charge in [-0.15, -0.1) is 0 Å². The Morgan fingerprint density at radius 3 is 2.43 bits per heavy atom. The second-order valence-electron chi connectivity index (χ2n) is 11.4. The van der Waals surface area contributed by atoms with Gasteiger partial charge in [0.2, 0.25) is 0 Å². The summed E-state index contributed by atoms with van der Waals surface area (Å²) in [6.45, 7) is 6.35. The number of hydrogen-bond acceptors (Lipinski definition) is 4. The summed E-state index contributed by atoms with van der Waals surface area (Å²) in [5.41, 5.74) is -0.375. The van der Waals surface area contributed by atoms with Crippen molar-refractivity contribution in [2.75, 3.05) is 13.2 Å². The molecule has 0 unspecified atom stereocenters. The highest BCUT2D eigenvalue weighted by Gasteiger charge is 2.69. The Kier molecular flexibility index (Phi) is 5.12. The number of nitrogens with zero attached hydrogens (tertiary/aromatic N) is 1. The highest BCUT2D eigenvalue weighted by atomic mass is 16.7. The van der Waals surface area contributed by atoms with Crippen molar-refractivity contribution in [3.05, 3.63) is 12.2 Å². The van der Waals surface area contributed by atoms with Crippen molar-refractivity contribution in [3.8, 4) is 6.07 Å². The minimum absolute atomic E-state index is 0.0292. The second kappa shape index (κ2) is 7.32. The summed E-state index contributed by atoms with van der Waals surface area (Å²) >= 11 is 0. The van der Waals surface area contributed by atoms with Gasteiger partial charge in [0.15, 0.2) is 5.79 Å². The number of ether oxygens (including phenoxy) is 2. The van der Waals surface area contributed by atoms with Crippen LogP contribution in [0.3, 0.4) is 0 Å². The van der Waals surface area contributed by atoms with Crippen LogP contribution < -0.4 is 0 Å². The van der Waals surface area contributed by atoms with Gasteiger partial charge in [0, 0.05) is 18.3 Å². The molecule has 0 aromatic heterocycles. The van der Waals surface area contributed by atoms with Crippen LogP contribution in [-0.4, -0.2) is 29.7 Å². The summed E-state index contributed by atoms with van der Waals surface area (Å²) in [7, 11) is 0. The molecule has 4 aliphatic carbocycles. The molecule has 0 bridgehead atoms. The van der Waals surface area contributed by atoms with Crippen LogP contribution in [-0.2, 0) is 9.47 Å². The fourth-order valence-corrected chi connectivity index (χ4v) is 8.78. The van der Waals surface area contributed by atoms with Gasteiger partial charge in [-0.2, -0.15) is 5.26 Å². The molecule has 1 spiro atoms. The Balaban J connectivity index is 1.35. The molecule has 30 heavy (non-hydrogen) atoms. The zero-order valence-electron chi connectivity index (χ0n) is 18.9. The molecule has 1 N–H and O–H groups in total. The first kappa shape index (κ1) is 21.0. The fourth-order valence-electron chi connectivity index (χ4n) is 8.78. The van der Waals surface area contributed by atoms with Gasteiger partial charge in [-0.3, -0.25) is 0 Å². The average Bonchev–Trinajstić information content (AvgIpc) is 3.32. The monoisotopic (exact) mass is 413 g/mol. The van der Waals surface area contributed by atoms with E-state index in [1.165, 1.54) is 25.7 Å². The average molecular weight is 414 g/mol. The van der Waals surface area contributed by atoms with E-state index in [-0.39, 0.29) is 16.6 Å². The van der Waals surface area contributed by atoms with Gasteiger partial charge in [-0.25, -0.2) is 0 Å². The molecule has 1 saturated heterocycles. The first-order valence-corrected chi connectivity index (χ1v) is 12.4. The zero-order chi connectivity index (χ0) is 21.0. The first-order chi connectivity index (χ1) is 14.4. The van der Waals surface area contributed by atoms with Gasteiger partial charge in [0.1, 0.15) is 0 Å². The van der Waals surface area contributed by atoms with Crippen LogP contribution in [0.4, 0.5) is 0 Å². The summed E-state index contributed by atoms with van der Waals surface area (Å²) in [5.74, 6) is 2.11. The molecule has 0 radical (unpaired) electrons. The lowest BCUT2D eigenvalue weighted by Gasteiger charge is -2.64. The quantitative estimate of drug-likeness (QED) is 0.499. The number of nitriles is 1. The van der Waals surface area contributed by atoms with Gasteiger partial charge in [0.05, 0.1) is 24.9 Å². The molecule has 7 atom stereocenters. The summed E-state index contributed by atoms with van der Waals surface area (Å²) in [5, 5.41) is 20.7. The largest absolute Gasteiger partial charge is 0.389 e. The molecule has 4 nitrogen and oxygen atoms in total. The van der Waals surface area contributed by atoms with Crippen molar-refractivity contribution in [2.45, 2.75) is 95.9 Å². The van der Waals surface area contributed by atoms with Crippen LogP contribution >= 0.6 is 0 Å². The number of fused-ring (bicyclic) bond motifs is 6. The third-order valence-electron chi connectivity index (χ3n) is 10.5. The molecule has 0 aromatic rings. The van der Waals surface area contributed by atoms with Crippen LogP contribution in [0.1, 0.15) is 84.5 Å². The smallest absolute Gasteiger partial charge is 0.174 e. The van der Waals surface area contributed by atoms with Crippen molar-refractivity contribution in [2.24, 2.45) is 34.5 Å². The van der Waals surface area contributed by atoms with Crippen molar-refractivity contribution in [1.29, 1.82) is 5.26 Å². The number of hydrogen-bond donors (Lipinski definition) is 1. The van der Waals surface area contributed by atoms with Gasteiger partial charge in [-0.1, -0.05) is 26.0 Å². The van der Waals surface area contributed by atoms with E-state index in [1.54, 1.807) is 0 Å². The van der Waals surface area contributed by atoms with Crippen LogP contribution in [0.25, 0.3) is 0 Å². The third-order valence-corrected chi connectivity index (χ3v) is 10.5. The summed E-state index contributed by atoms with van der Waals surface area (Å²) in [4.78, 5) is 0. The summed E-state index contributed by atoms with van der Waals surface area (Å²) in [6, 6.07) is 2.22. The van der Waals surface area contributed by atoms with Crippen molar-refractivity contribution < 1.29 is 14.6 Å². The number of allylic oxidation sites excluding steroid dienone is 2. The lowest BCUT2D eigenvalue weighted by molar-refractivity contribution is -0.260. The van der Waals surface area contributed by atoms with E-state index in [0.29, 0.717) is 30.1 Å². The second-order valence-corrected chi connectivity index (χ2v) is 11.4. The molecule has 166 valence electrons. The molecular weight excluding hydrogens is 374 g/mol. The van der Waals surface area contributed by atoms with Crippen LogP contribution in [0.15, 0.2) is 12.2 Å². The maximum atomic E-state index is 11.9. The Morgan fingerprint density at radius 2 is 1.67 bits per heavy atom. The fraction of sp³-hybridized carbons (Fsp3) is 0.885. The zero-order valence-corrected chi connectivity index (χ0v) is 18.9. The van der Waals surface area contributed by atoms with Crippen LogP contribution in [0, 0.1) is 45.8 Å². The van der Waals surface area contributed by atoms with Crippen molar-refractivity contribution in [1.82, 2.24) is 0 Å². The molecule has 4 heteroatoms. The third kappa shape index (κ3) is 2.81. The topological polar surface area (TPSA) is 62.5 Å². The molecule has 5 fully saturated rings. The Bertz CT molecular complexity index is 737.